The largest absolute Gasteiger partial charge is 0.309 e. The Labute approximate surface area is 384 Å². The molecule has 0 aliphatic carbocycles. The molecule has 0 saturated carbocycles. The summed E-state index contributed by atoms with van der Waals surface area (Å²) in [6.07, 6.45) is 0. The second-order valence-corrected chi connectivity index (χ2v) is 17.6. The minimum Gasteiger partial charge on any atom is -0.309 e. The van der Waals surface area contributed by atoms with E-state index in [0.29, 0.717) is 0 Å². The van der Waals surface area contributed by atoms with Gasteiger partial charge in [-0.05, 0) is 127 Å². The molecule has 12 aromatic rings. The molecule has 3 heterocycles. The van der Waals surface area contributed by atoms with Crippen molar-refractivity contribution in [1.29, 1.82) is 0 Å². The van der Waals surface area contributed by atoms with Crippen molar-refractivity contribution in [3.05, 3.63) is 229 Å². The van der Waals surface area contributed by atoms with Crippen LogP contribution in [0.25, 0.3) is 111 Å². The summed E-state index contributed by atoms with van der Waals surface area (Å²) in [4.78, 5) is 10.2. The topological polar surface area (TPSA) is 35.6 Å². The number of para-hydroxylation sites is 3. The van der Waals surface area contributed by atoms with Gasteiger partial charge in [-0.1, -0.05) is 152 Å². The third-order valence-electron chi connectivity index (χ3n) is 13.5. The zero-order valence-electron chi connectivity index (χ0n) is 37.4. The van der Waals surface area contributed by atoms with Gasteiger partial charge in [0.05, 0.1) is 39.1 Å². The molecule has 314 valence electrons. The van der Waals surface area contributed by atoms with Gasteiger partial charge in [-0.2, -0.15) is 0 Å². The Morgan fingerprint density at radius 3 is 1.32 bits per heavy atom. The van der Waals surface area contributed by atoms with Gasteiger partial charge in [-0.15, -0.1) is 0 Å². The summed E-state index contributed by atoms with van der Waals surface area (Å²) in [7, 11) is 0. The van der Waals surface area contributed by atoms with Gasteiger partial charge in [0.15, 0.2) is 5.82 Å². The average Bonchev–Trinajstić information content (AvgIpc) is 3.86. The molecule has 0 radical (unpaired) electrons. The van der Waals surface area contributed by atoms with Gasteiger partial charge in [-0.3, -0.25) is 0 Å². The van der Waals surface area contributed by atoms with E-state index in [1.54, 1.807) is 0 Å². The number of fused-ring (bicyclic) bond motifs is 6. The molecule has 0 N–H and O–H groups in total. The Hall–Kier alpha value is -8.34. The van der Waals surface area contributed by atoms with E-state index in [9.17, 15) is 0 Å². The molecule has 0 bridgehead atoms. The van der Waals surface area contributed by atoms with Gasteiger partial charge in [0.2, 0.25) is 0 Å². The van der Waals surface area contributed by atoms with E-state index in [4.69, 9.17) is 9.97 Å². The summed E-state index contributed by atoms with van der Waals surface area (Å²) < 4.78 is 4.88. The molecular formula is C62H46N4. The molecule has 0 fully saturated rings. The highest BCUT2D eigenvalue weighted by atomic mass is 15.0. The minimum atomic E-state index is 0.738. The predicted octanol–water partition coefficient (Wildman–Crippen LogP) is 16.2. The van der Waals surface area contributed by atoms with E-state index in [1.807, 2.05) is 0 Å². The van der Waals surface area contributed by atoms with Crippen molar-refractivity contribution in [3.8, 4) is 67.5 Å². The van der Waals surface area contributed by atoms with Crippen LogP contribution in [0.5, 0.6) is 0 Å². The highest BCUT2D eigenvalue weighted by molar-refractivity contribution is 6.12. The first-order valence-corrected chi connectivity index (χ1v) is 22.7. The third-order valence-corrected chi connectivity index (χ3v) is 13.5. The lowest BCUT2D eigenvalue weighted by Crippen LogP contribution is -2.01. The lowest BCUT2D eigenvalue weighted by molar-refractivity contribution is 1.12. The molecule has 0 saturated heterocycles. The smallest absolute Gasteiger partial charge is 0.160 e. The Balaban J connectivity index is 0.867. The molecule has 12 rings (SSSR count). The van der Waals surface area contributed by atoms with Gasteiger partial charge in [-0.25, -0.2) is 9.97 Å². The fourth-order valence-corrected chi connectivity index (χ4v) is 10.2. The number of benzene rings is 9. The number of rotatable bonds is 7. The monoisotopic (exact) mass is 846 g/mol. The van der Waals surface area contributed by atoms with Crippen molar-refractivity contribution in [1.82, 2.24) is 19.1 Å². The Morgan fingerprint density at radius 1 is 0.303 bits per heavy atom. The van der Waals surface area contributed by atoms with E-state index in [1.165, 1.54) is 82.7 Å². The van der Waals surface area contributed by atoms with Crippen LogP contribution in [0.4, 0.5) is 0 Å². The number of aryl methyl sites for hydroxylation is 4. The van der Waals surface area contributed by atoms with Crippen molar-refractivity contribution in [2.45, 2.75) is 27.7 Å². The lowest BCUT2D eigenvalue weighted by atomic mass is 9.96. The summed E-state index contributed by atoms with van der Waals surface area (Å²) in [6.45, 7) is 8.75. The summed E-state index contributed by atoms with van der Waals surface area (Å²) >= 11 is 0. The minimum absolute atomic E-state index is 0.738. The van der Waals surface area contributed by atoms with E-state index in [-0.39, 0.29) is 0 Å². The second-order valence-electron chi connectivity index (χ2n) is 17.6. The van der Waals surface area contributed by atoms with Crippen molar-refractivity contribution in [2.75, 3.05) is 0 Å². The van der Waals surface area contributed by atoms with Crippen molar-refractivity contribution >= 4 is 43.6 Å². The molecule has 3 aromatic heterocycles. The standard InChI is InChI=1S/C62H46N4/c1-39-15-5-7-17-49(39)56-38-55(63-62(64-56)50-18-8-6-16-40(50)2)46-31-29-44(30-32-46)43-25-27-45(28-26-43)47-35-41(3)61(42(4)36-47)66-59-24-14-11-21-53(59)54-37-48(33-34-60(54)66)65-57-22-12-9-19-51(57)52-20-10-13-23-58(52)65/h5-38H,1-4H3. The van der Waals surface area contributed by atoms with Crippen LogP contribution in [0.2, 0.25) is 0 Å². The highest BCUT2D eigenvalue weighted by Crippen LogP contribution is 2.40. The van der Waals surface area contributed by atoms with Crippen molar-refractivity contribution in [3.63, 3.8) is 0 Å². The average molecular weight is 847 g/mol. The molecule has 9 aromatic carbocycles. The van der Waals surface area contributed by atoms with E-state index >= 15 is 0 Å². The number of aromatic nitrogens is 4. The molecule has 4 nitrogen and oxygen atoms in total. The Morgan fingerprint density at radius 2 is 0.742 bits per heavy atom. The first kappa shape index (κ1) is 39.3. The van der Waals surface area contributed by atoms with Gasteiger partial charge in [0.25, 0.3) is 0 Å². The fraction of sp³-hybridized carbons (Fsp3) is 0.0645. The van der Waals surface area contributed by atoms with Crippen LogP contribution >= 0.6 is 0 Å². The molecule has 4 heteroatoms. The van der Waals surface area contributed by atoms with Gasteiger partial charge in [0, 0.05) is 43.9 Å². The van der Waals surface area contributed by atoms with Crippen LogP contribution in [0, 0.1) is 27.7 Å². The molecule has 0 aliphatic heterocycles. The normalized spacial score (nSPS) is 11.6. The number of nitrogens with zero attached hydrogens (tertiary/aromatic N) is 4. The van der Waals surface area contributed by atoms with Crippen LogP contribution in [0.15, 0.2) is 206 Å². The quantitative estimate of drug-likeness (QED) is 0.160. The van der Waals surface area contributed by atoms with Crippen LogP contribution in [0.1, 0.15) is 22.3 Å². The summed E-state index contributed by atoms with van der Waals surface area (Å²) in [5, 5.41) is 5.03. The second kappa shape index (κ2) is 15.7. The van der Waals surface area contributed by atoms with Crippen molar-refractivity contribution in [2.24, 2.45) is 0 Å². The van der Waals surface area contributed by atoms with Crippen LogP contribution < -0.4 is 0 Å². The summed E-state index contributed by atoms with van der Waals surface area (Å²) in [5.74, 6) is 0.738. The predicted molar refractivity (Wildman–Crippen MR) is 277 cm³/mol. The van der Waals surface area contributed by atoms with E-state index < -0.39 is 0 Å². The lowest BCUT2D eigenvalue weighted by Gasteiger charge is -2.17. The van der Waals surface area contributed by atoms with Crippen molar-refractivity contribution < 1.29 is 0 Å². The third kappa shape index (κ3) is 6.52. The maximum Gasteiger partial charge on any atom is 0.160 e. The molecular weight excluding hydrogens is 801 g/mol. The van der Waals surface area contributed by atoms with Gasteiger partial charge >= 0.3 is 0 Å². The number of hydrogen-bond acceptors (Lipinski definition) is 2. The zero-order valence-corrected chi connectivity index (χ0v) is 37.4. The molecule has 0 spiro atoms. The molecule has 66 heavy (non-hydrogen) atoms. The van der Waals surface area contributed by atoms with E-state index in [0.717, 1.165) is 50.7 Å². The summed E-state index contributed by atoms with van der Waals surface area (Å²) in [6, 6.07) is 74.6. The van der Waals surface area contributed by atoms with E-state index in [2.05, 4.69) is 243 Å². The highest BCUT2D eigenvalue weighted by Gasteiger charge is 2.19. The molecule has 0 atom stereocenters. The van der Waals surface area contributed by atoms with Crippen LogP contribution in [0.3, 0.4) is 0 Å². The van der Waals surface area contributed by atoms with Crippen LogP contribution in [-0.4, -0.2) is 19.1 Å². The maximum absolute atomic E-state index is 5.12. The van der Waals surface area contributed by atoms with Crippen LogP contribution in [-0.2, 0) is 0 Å². The first-order chi connectivity index (χ1) is 32.4. The molecule has 0 unspecified atom stereocenters. The molecule has 0 aliphatic rings. The zero-order chi connectivity index (χ0) is 44.5. The first-order valence-electron chi connectivity index (χ1n) is 22.7. The summed E-state index contributed by atoms with van der Waals surface area (Å²) in [5.41, 5.74) is 21.8. The number of hydrogen-bond donors (Lipinski definition) is 0. The fourth-order valence-electron chi connectivity index (χ4n) is 10.2. The van der Waals surface area contributed by atoms with Gasteiger partial charge < -0.3 is 9.13 Å². The Kier molecular flexibility index (Phi) is 9.35. The van der Waals surface area contributed by atoms with Gasteiger partial charge in [0.1, 0.15) is 0 Å². The Bertz CT molecular complexity index is 3710. The molecule has 0 amide bonds. The SMILES string of the molecule is Cc1ccccc1-c1cc(-c2ccc(-c3ccc(-c4cc(C)c(-n5c6ccccc6c6cc(-n7c8ccccc8c8ccccc87)ccc65)c(C)c4)cc3)cc2)nc(-c2ccccc2C)n1. The maximum atomic E-state index is 5.12.